The normalized spacial score (nSPS) is 10.2. The molecule has 0 fully saturated rings. The Balaban J connectivity index is 1.92. The maximum absolute atomic E-state index is 13.4. The summed E-state index contributed by atoms with van der Waals surface area (Å²) in [6.45, 7) is 1.77. The molecular weight excluding hydrogens is 276 g/mol. The summed E-state index contributed by atoms with van der Waals surface area (Å²) < 4.78 is 31.5. The van der Waals surface area contributed by atoms with Crippen molar-refractivity contribution in [2.24, 2.45) is 0 Å². The Morgan fingerprint density at radius 1 is 1.19 bits per heavy atom. The zero-order valence-electron chi connectivity index (χ0n) is 11.5. The third kappa shape index (κ3) is 4.27. The van der Waals surface area contributed by atoms with Crippen molar-refractivity contribution in [3.8, 4) is 5.75 Å². The number of halogens is 2. The third-order valence-corrected chi connectivity index (χ3v) is 2.88. The number of hydrogen-bond donors (Lipinski definition) is 1. The fraction of sp³-hybridized carbons (Fsp3) is 0.188. The molecule has 0 saturated heterocycles. The minimum Gasteiger partial charge on any atom is -0.484 e. The van der Waals surface area contributed by atoms with Crippen molar-refractivity contribution in [2.45, 2.75) is 13.3 Å². The van der Waals surface area contributed by atoms with Crippen LogP contribution < -0.4 is 10.1 Å². The lowest BCUT2D eigenvalue weighted by Crippen LogP contribution is -2.20. The molecule has 0 unspecified atom stereocenters. The fourth-order valence-corrected chi connectivity index (χ4v) is 1.78. The molecule has 0 bridgehead atoms. The van der Waals surface area contributed by atoms with Gasteiger partial charge in [0.2, 0.25) is 0 Å². The summed E-state index contributed by atoms with van der Waals surface area (Å²) in [5.74, 6) is -1.46. The predicted octanol–water partition coefficient (Wildman–Crippen LogP) is 3.54. The van der Waals surface area contributed by atoms with E-state index in [1.54, 1.807) is 6.07 Å². The summed E-state index contributed by atoms with van der Waals surface area (Å²) >= 11 is 0. The van der Waals surface area contributed by atoms with E-state index < -0.39 is 17.5 Å². The number of rotatable bonds is 5. The fourth-order valence-electron chi connectivity index (χ4n) is 1.78. The molecule has 21 heavy (non-hydrogen) atoms. The molecule has 0 saturated carbocycles. The molecule has 0 aromatic heterocycles. The standard InChI is InChI=1S/C16H15F2NO2/c1-2-11-4-3-5-13(8-11)21-10-16(20)19-15-7-6-12(17)9-14(15)18/h3-9H,2,10H2,1H3,(H,19,20). The molecule has 0 spiro atoms. The monoisotopic (exact) mass is 291 g/mol. The van der Waals surface area contributed by atoms with E-state index in [4.69, 9.17) is 4.74 Å². The van der Waals surface area contributed by atoms with Gasteiger partial charge in [-0.05, 0) is 36.2 Å². The molecular formula is C16H15F2NO2. The van der Waals surface area contributed by atoms with Gasteiger partial charge in [0.25, 0.3) is 5.91 Å². The summed E-state index contributed by atoms with van der Waals surface area (Å²) in [7, 11) is 0. The van der Waals surface area contributed by atoms with Gasteiger partial charge in [0.1, 0.15) is 17.4 Å². The highest BCUT2D eigenvalue weighted by Crippen LogP contribution is 2.16. The van der Waals surface area contributed by atoms with Crippen molar-refractivity contribution >= 4 is 11.6 Å². The second-order valence-corrected chi connectivity index (χ2v) is 4.46. The first-order valence-corrected chi connectivity index (χ1v) is 6.55. The average molecular weight is 291 g/mol. The van der Waals surface area contributed by atoms with Crippen LogP contribution in [0.15, 0.2) is 42.5 Å². The first kappa shape index (κ1) is 15.0. The van der Waals surface area contributed by atoms with Crippen molar-refractivity contribution in [3.63, 3.8) is 0 Å². The number of carbonyl (C=O) groups is 1. The Morgan fingerprint density at radius 3 is 2.71 bits per heavy atom. The van der Waals surface area contributed by atoms with E-state index in [1.807, 2.05) is 25.1 Å². The topological polar surface area (TPSA) is 38.3 Å². The number of nitrogens with one attached hydrogen (secondary N) is 1. The zero-order chi connectivity index (χ0) is 15.2. The molecule has 3 nitrogen and oxygen atoms in total. The first-order chi connectivity index (χ1) is 10.1. The zero-order valence-corrected chi connectivity index (χ0v) is 11.5. The van der Waals surface area contributed by atoms with E-state index in [0.29, 0.717) is 11.8 Å². The van der Waals surface area contributed by atoms with Gasteiger partial charge in [-0.25, -0.2) is 8.78 Å². The summed E-state index contributed by atoms with van der Waals surface area (Å²) in [4.78, 5) is 11.7. The summed E-state index contributed by atoms with van der Waals surface area (Å²) in [5.41, 5.74) is 1.02. The van der Waals surface area contributed by atoms with Gasteiger partial charge in [-0.1, -0.05) is 19.1 Å². The van der Waals surface area contributed by atoms with Crippen LogP contribution in [0.3, 0.4) is 0 Å². The highest BCUT2D eigenvalue weighted by atomic mass is 19.1. The minimum absolute atomic E-state index is 0.0766. The van der Waals surface area contributed by atoms with Gasteiger partial charge < -0.3 is 10.1 Å². The predicted molar refractivity (Wildman–Crippen MR) is 76.3 cm³/mol. The van der Waals surface area contributed by atoms with E-state index >= 15 is 0 Å². The number of carbonyl (C=O) groups excluding carboxylic acids is 1. The molecule has 5 heteroatoms. The van der Waals surface area contributed by atoms with E-state index in [1.165, 1.54) is 6.07 Å². The Hall–Kier alpha value is -2.43. The highest BCUT2D eigenvalue weighted by Gasteiger charge is 2.08. The molecule has 0 radical (unpaired) electrons. The highest BCUT2D eigenvalue weighted by molar-refractivity contribution is 5.91. The maximum atomic E-state index is 13.4. The number of benzene rings is 2. The number of ether oxygens (including phenoxy) is 1. The third-order valence-electron chi connectivity index (χ3n) is 2.88. The average Bonchev–Trinajstić information content (AvgIpc) is 2.48. The molecule has 0 aliphatic carbocycles. The Bertz CT molecular complexity index is 644. The molecule has 1 amide bonds. The van der Waals surface area contributed by atoms with Crippen LogP contribution in [0.5, 0.6) is 5.75 Å². The van der Waals surface area contributed by atoms with Crippen molar-refractivity contribution < 1.29 is 18.3 Å². The van der Waals surface area contributed by atoms with Crippen molar-refractivity contribution in [2.75, 3.05) is 11.9 Å². The van der Waals surface area contributed by atoms with E-state index in [-0.39, 0.29) is 12.3 Å². The first-order valence-electron chi connectivity index (χ1n) is 6.55. The van der Waals surface area contributed by atoms with Gasteiger partial charge in [0.15, 0.2) is 6.61 Å². The molecule has 1 N–H and O–H groups in total. The molecule has 0 aliphatic rings. The van der Waals surface area contributed by atoms with Gasteiger partial charge in [-0.15, -0.1) is 0 Å². The van der Waals surface area contributed by atoms with Crippen LogP contribution in [-0.2, 0) is 11.2 Å². The van der Waals surface area contributed by atoms with Gasteiger partial charge in [0, 0.05) is 6.07 Å². The number of aryl methyl sites for hydroxylation is 1. The van der Waals surface area contributed by atoms with E-state index in [0.717, 1.165) is 18.1 Å². The lowest BCUT2D eigenvalue weighted by atomic mass is 10.2. The second-order valence-electron chi connectivity index (χ2n) is 4.46. The molecule has 2 aromatic rings. The Kier molecular flexibility index (Phi) is 4.87. The van der Waals surface area contributed by atoms with Gasteiger partial charge in [-0.2, -0.15) is 0 Å². The van der Waals surface area contributed by atoms with Crippen LogP contribution in [0.2, 0.25) is 0 Å². The van der Waals surface area contributed by atoms with Gasteiger partial charge >= 0.3 is 0 Å². The Morgan fingerprint density at radius 2 is 2.00 bits per heavy atom. The summed E-state index contributed by atoms with van der Waals surface area (Å²) in [6.07, 6.45) is 0.865. The van der Waals surface area contributed by atoms with E-state index in [2.05, 4.69) is 5.32 Å². The van der Waals surface area contributed by atoms with Crippen molar-refractivity contribution in [1.29, 1.82) is 0 Å². The lowest BCUT2D eigenvalue weighted by molar-refractivity contribution is -0.118. The lowest BCUT2D eigenvalue weighted by Gasteiger charge is -2.09. The Labute approximate surface area is 121 Å². The minimum atomic E-state index is -0.823. The summed E-state index contributed by atoms with van der Waals surface area (Å²) in [5, 5.41) is 2.33. The van der Waals surface area contributed by atoms with Crippen LogP contribution >= 0.6 is 0 Å². The van der Waals surface area contributed by atoms with Crippen LogP contribution in [-0.4, -0.2) is 12.5 Å². The number of anilines is 1. The van der Waals surface area contributed by atoms with Gasteiger partial charge in [0.05, 0.1) is 5.69 Å². The molecule has 110 valence electrons. The van der Waals surface area contributed by atoms with E-state index in [9.17, 15) is 13.6 Å². The maximum Gasteiger partial charge on any atom is 0.262 e. The van der Waals surface area contributed by atoms with Crippen LogP contribution in [0.1, 0.15) is 12.5 Å². The largest absolute Gasteiger partial charge is 0.484 e. The SMILES string of the molecule is CCc1cccc(OCC(=O)Nc2ccc(F)cc2F)c1. The molecule has 0 heterocycles. The van der Waals surface area contributed by atoms with Crippen LogP contribution in [0, 0.1) is 11.6 Å². The van der Waals surface area contributed by atoms with Gasteiger partial charge in [-0.3, -0.25) is 4.79 Å². The van der Waals surface area contributed by atoms with Crippen LogP contribution in [0.4, 0.5) is 14.5 Å². The molecule has 2 rings (SSSR count). The quantitative estimate of drug-likeness (QED) is 0.915. The number of hydrogen-bond acceptors (Lipinski definition) is 2. The summed E-state index contributed by atoms with van der Waals surface area (Å²) in [6, 6.07) is 10.3. The van der Waals surface area contributed by atoms with Crippen LogP contribution in [0.25, 0.3) is 0 Å². The second kappa shape index (κ2) is 6.83. The smallest absolute Gasteiger partial charge is 0.262 e. The van der Waals surface area contributed by atoms with Crippen molar-refractivity contribution in [3.05, 3.63) is 59.7 Å². The number of amides is 1. The molecule has 0 aliphatic heterocycles. The molecule has 0 atom stereocenters. The van der Waals surface area contributed by atoms with Crippen molar-refractivity contribution in [1.82, 2.24) is 0 Å². The molecule has 2 aromatic carbocycles.